The lowest BCUT2D eigenvalue weighted by Crippen LogP contribution is -2.46. The zero-order valence-electron chi connectivity index (χ0n) is 16.3. The average Bonchev–Trinajstić information content (AvgIpc) is 3.27. The fourth-order valence-electron chi connectivity index (χ4n) is 3.63. The summed E-state index contributed by atoms with van der Waals surface area (Å²) in [6, 6.07) is 13.2. The molecule has 1 aliphatic heterocycles. The van der Waals surface area contributed by atoms with Crippen LogP contribution in [0.4, 0.5) is 4.79 Å². The van der Waals surface area contributed by atoms with Crippen LogP contribution in [0.3, 0.4) is 0 Å². The normalized spacial score (nSPS) is 18.7. The van der Waals surface area contributed by atoms with Crippen LogP contribution in [-0.2, 0) is 11.3 Å². The van der Waals surface area contributed by atoms with Crippen LogP contribution in [0.15, 0.2) is 48.7 Å². The van der Waals surface area contributed by atoms with Gasteiger partial charge >= 0.3 is 6.09 Å². The molecule has 1 aromatic carbocycles. The maximum atomic E-state index is 12.7. The van der Waals surface area contributed by atoms with Gasteiger partial charge in [0.1, 0.15) is 5.60 Å². The molecule has 1 aliphatic rings. The highest BCUT2D eigenvalue weighted by Crippen LogP contribution is 2.34. The van der Waals surface area contributed by atoms with Crippen molar-refractivity contribution in [2.75, 3.05) is 6.54 Å². The largest absolute Gasteiger partial charge is 0.444 e. The van der Waals surface area contributed by atoms with E-state index in [1.54, 1.807) is 4.90 Å². The van der Waals surface area contributed by atoms with Crippen molar-refractivity contribution >= 4 is 6.09 Å². The van der Waals surface area contributed by atoms with Crippen LogP contribution in [0.5, 0.6) is 0 Å². The minimum atomic E-state index is -0.547. The minimum Gasteiger partial charge on any atom is -0.444 e. The third kappa shape index (κ3) is 4.90. The second-order valence-corrected chi connectivity index (χ2v) is 8.04. The van der Waals surface area contributed by atoms with Crippen LogP contribution in [0.25, 0.3) is 0 Å². The van der Waals surface area contributed by atoms with Crippen LogP contribution in [0.1, 0.15) is 50.9 Å². The lowest BCUT2D eigenvalue weighted by molar-refractivity contribution is -0.153. The van der Waals surface area contributed by atoms with Gasteiger partial charge in [0, 0.05) is 25.0 Å². The number of ether oxygens (including phenoxy) is 1. The molecule has 0 aliphatic carbocycles. The molecular formula is C21H29N3O3. The Morgan fingerprint density at radius 3 is 2.67 bits per heavy atom. The Morgan fingerprint density at radius 2 is 2.04 bits per heavy atom. The van der Waals surface area contributed by atoms with Crippen LogP contribution < -0.4 is 0 Å². The topological polar surface area (TPSA) is 68.8 Å². The van der Waals surface area contributed by atoms with Crippen molar-refractivity contribution < 1.29 is 14.7 Å². The third-order valence-electron chi connectivity index (χ3n) is 4.74. The number of likely N-dealkylation sites (tertiary alicyclic amines) is 1. The van der Waals surface area contributed by atoms with E-state index in [0.29, 0.717) is 13.1 Å². The molecule has 1 fully saturated rings. The van der Waals surface area contributed by atoms with E-state index < -0.39 is 5.60 Å². The molecule has 3 rings (SSSR count). The number of carbonyl (C=O) groups is 1. The van der Waals surface area contributed by atoms with Crippen LogP contribution >= 0.6 is 0 Å². The number of H-pyrrole nitrogens is 1. The van der Waals surface area contributed by atoms with Gasteiger partial charge in [0.05, 0.1) is 12.1 Å². The molecule has 146 valence electrons. The zero-order valence-corrected chi connectivity index (χ0v) is 16.3. The molecule has 0 spiro atoms. The highest BCUT2D eigenvalue weighted by molar-refractivity contribution is 5.69. The van der Waals surface area contributed by atoms with Gasteiger partial charge in [-0.2, -0.15) is 5.06 Å². The molecule has 6 heteroatoms. The number of amides is 1. The molecule has 2 aromatic rings. The summed E-state index contributed by atoms with van der Waals surface area (Å²) in [6.45, 7) is 6.61. The monoisotopic (exact) mass is 371 g/mol. The SMILES string of the molecule is CC(C)(C)OC(=O)N1CCC[C@H]1[C@@H](c1ccc[nH]1)N(O)Cc1ccccc1. The number of hydroxylamine groups is 2. The number of carbonyl (C=O) groups excluding carboxylic acids is 1. The van der Waals surface area contributed by atoms with E-state index in [1.165, 1.54) is 5.06 Å². The first-order valence-electron chi connectivity index (χ1n) is 9.47. The molecule has 1 aromatic heterocycles. The Balaban J connectivity index is 1.83. The Bertz CT molecular complexity index is 725. The number of hydrogen-bond donors (Lipinski definition) is 2. The number of hydrogen-bond acceptors (Lipinski definition) is 4. The van der Waals surface area contributed by atoms with E-state index >= 15 is 0 Å². The van der Waals surface area contributed by atoms with Gasteiger partial charge in [0.2, 0.25) is 0 Å². The maximum absolute atomic E-state index is 12.7. The molecule has 1 saturated heterocycles. The summed E-state index contributed by atoms with van der Waals surface area (Å²) < 4.78 is 5.59. The van der Waals surface area contributed by atoms with Gasteiger partial charge in [-0.15, -0.1) is 0 Å². The maximum Gasteiger partial charge on any atom is 0.410 e. The first kappa shape index (κ1) is 19.5. The van der Waals surface area contributed by atoms with E-state index in [1.807, 2.05) is 69.4 Å². The molecule has 2 atom stereocenters. The lowest BCUT2D eigenvalue weighted by Gasteiger charge is -2.36. The van der Waals surface area contributed by atoms with Crippen molar-refractivity contribution in [1.29, 1.82) is 0 Å². The van der Waals surface area contributed by atoms with E-state index in [4.69, 9.17) is 4.74 Å². The predicted molar refractivity (Wildman–Crippen MR) is 103 cm³/mol. The Hall–Kier alpha value is -2.31. The highest BCUT2D eigenvalue weighted by Gasteiger charge is 2.40. The fraction of sp³-hybridized carbons (Fsp3) is 0.476. The van der Waals surface area contributed by atoms with Gasteiger partial charge in [0.25, 0.3) is 0 Å². The molecule has 2 N–H and O–H groups in total. The summed E-state index contributed by atoms with van der Waals surface area (Å²) in [5, 5.41) is 12.3. The van der Waals surface area contributed by atoms with Gasteiger partial charge in [-0.25, -0.2) is 4.79 Å². The predicted octanol–water partition coefficient (Wildman–Crippen LogP) is 4.35. The lowest BCUT2D eigenvalue weighted by atomic mass is 10.0. The fourth-order valence-corrected chi connectivity index (χ4v) is 3.63. The Labute approximate surface area is 160 Å². The number of aromatic amines is 1. The van der Waals surface area contributed by atoms with E-state index in [0.717, 1.165) is 24.1 Å². The van der Waals surface area contributed by atoms with Crippen molar-refractivity contribution in [3.05, 3.63) is 59.9 Å². The number of benzene rings is 1. The third-order valence-corrected chi connectivity index (χ3v) is 4.74. The first-order valence-corrected chi connectivity index (χ1v) is 9.47. The van der Waals surface area contributed by atoms with Gasteiger partial charge in [0.15, 0.2) is 0 Å². The second kappa shape index (κ2) is 8.15. The Kier molecular flexibility index (Phi) is 5.87. The standard InChI is InChI=1S/C21H29N3O3/c1-21(2,3)27-20(25)23-14-8-12-18(23)19(17-11-7-13-22-17)24(26)15-16-9-5-4-6-10-16/h4-7,9-11,13,18-19,22,26H,8,12,14-15H2,1-3H3/t18-,19+/m0/s1. The van der Waals surface area contributed by atoms with Gasteiger partial charge < -0.3 is 19.8 Å². The van der Waals surface area contributed by atoms with Gasteiger partial charge in [-0.1, -0.05) is 30.3 Å². The highest BCUT2D eigenvalue weighted by atomic mass is 16.6. The number of nitrogens with zero attached hydrogens (tertiary/aromatic N) is 2. The average molecular weight is 371 g/mol. The molecule has 0 bridgehead atoms. The number of rotatable bonds is 5. The summed E-state index contributed by atoms with van der Waals surface area (Å²) >= 11 is 0. The zero-order chi connectivity index (χ0) is 19.4. The molecule has 0 radical (unpaired) electrons. The first-order chi connectivity index (χ1) is 12.8. The van der Waals surface area contributed by atoms with Gasteiger partial charge in [-0.05, 0) is 51.3 Å². The minimum absolute atomic E-state index is 0.160. The second-order valence-electron chi connectivity index (χ2n) is 8.04. The van der Waals surface area contributed by atoms with Crippen LogP contribution in [0.2, 0.25) is 0 Å². The molecule has 6 nitrogen and oxygen atoms in total. The molecular weight excluding hydrogens is 342 g/mol. The molecule has 1 amide bonds. The summed E-state index contributed by atoms with van der Waals surface area (Å²) in [7, 11) is 0. The van der Waals surface area contributed by atoms with E-state index in [9.17, 15) is 10.0 Å². The van der Waals surface area contributed by atoms with Crippen molar-refractivity contribution in [3.63, 3.8) is 0 Å². The summed E-state index contributed by atoms with van der Waals surface area (Å²) in [4.78, 5) is 17.7. The van der Waals surface area contributed by atoms with Crippen molar-refractivity contribution in [2.45, 2.75) is 57.8 Å². The van der Waals surface area contributed by atoms with E-state index in [2.05, 4.69) is 4.98 Å². The molecule has 0 saturated carbocycles. The summed E-state index contributed by atoms with van der Waals surface area (Å²) in [5.41, 5.74) is 1.35. The quantitative estimate of drug-likeness (QED) is 0.767. The Morgan fingerprint density at radius 1 is 1.30 bits per heavy atom. The summed E-state index contributed by atoms with van der Waals surface area (Å²) in [6.07, 6.45) is 3.22. The number of nitrogens with one attached hydrogen (secondary N) is 1. The van der Waals surface area contributed by atoms with Crippen LogP contribution in [-0.4, -0.2) is 44.4 Å². The van der Waals surface area contributed by atoms with Crippen molar-refractivity contribution in [1.82, 2.24) is 14.9 Å². The van der Waals surface area contributed by atoms with Crippen LogP contribution in [0, 0.1) is 0 Å². The molecule has 27 heavy (non-hydrogen) atoms. The summed E-state index contributed by atoms with van der Waals surface area (Å²) in [5.74, 6) is 0. The smallest absolute Gasteiger partial charge is 0.410 e. The van der Waals surface area contributed by atoms with Crippen molar-refractivity contribution in [2.24, 2.45) is 0 Å². The number of aromatic nitrogens is 1. The van der Waals surface area contributed by atoms with Gasteiger partial charge in [-0.3, -0.25) is 0 Å². The van der Waals surface area contributed by atoms with E-state index in [-0.39, 0.29) is 18.2 Å². The molecule has 2 heterocycles. The van der Waals surface area contributed by atoms with Crippen molar-refractivity contribution in [3.8, 4) is 0 Å². The molecule has 0 unspecified atom stereocenters.